The number of benzene rings is 2. The van der Waals surface area contributed by atoms with Crippen molar-refractivity contribution in [2.24, 2.45) is 0 Å². The molecule has 0 heterocycles. The minimum absolute atomic E-state index is 0.259. The summed E-state index contributed by atoms with van der Waals surface area (Å²) in [6.07, 6.45) is 0. The molecular weight excluding hydrogens is 260 g/mol. The summed E-state index contributed by atoms with van der Waals surface area (Å²) < 4.78 is 17.1. The van der Waals surface area contributed by atoms with Crippen LogP contribution in [-0.2, 0) is 30.3 Å². The molecule has 0 spiro atoms. The molecule has 0 N–H and O–H groups in total. The Morgan fingerprint density at radius 1 is 0.947 bits per heavy atom. The summed E-state index contributed by atoms with van der Waals surface area (Å²) in [7, 11) is 0. The third kappa shape index (κ3) is 2.69. The van der Waals surface area contributed by atoms with Gasteiger partial charge >= 0.3 is 22.6 Å². The standard InChI is InChI=1S/C15H13O3S/c1-12(16)18-15(19-17,13-8-4-2-5-9-13)14-10-6-3-7-11-14/h2-11H,1H3/q+1. The maximum atomic E-state index is 11.7. The number of hydrogen-bond donors (Lipinski definition) is 0. The average molecular weight is 273 g/mol. The van der Waals surface area contributed by atoms with E-state index < -0.39 is 10.9 Å². The lowest BCUT2D eigenvalue weighted by atomic mass is 10.0. The van der Waals surface area contributed by atoms with Gasteiger partial charge in [-0.15, -0.1) is 0 Å². The normalized spacial score (nSPS) is 10.8. The number of carbonyl (C=O) groups is 1. The van der Waals surface area contributed by atoms with Crippen LogP contribution in [0.3, 0.4) is 0 Å². The van der Waals surface area contributed by atoms with E-state index in [1.165, 1.54) is 6.92 Å². The topological polar surface area (TPSA) is 43.4 Å². The van der Waals surface area contributed by atoms with Gasteiger partial charge < -0.3 is 4.74 Å². The molecule has 4 heteroatoms. The Bertz CT molecular complexity index is 527. The molecule has 0 bridgehead atoms. The van der Waals surface area contributed by atoms with Crippen LogP contribution in [0.5, 0.6) is 0 Å². The molecule has 96 valence electrons. The van der Waals surface area contributed by atoms with Gasteiger partial charge in [-0.25, -0.2) is 0 Å². The second kappa shape index (κ2) is 5.71. The number of rotatable bonds is 4. The maximum absolute atomic E-state index is 11.7. The van der Waals surface area contributed by atoms with Gasteiger partial charge in [0.05, 0.1) is 11.1 Å². The van der Waals surface area contributed by atoms with Crippen molar-refractivity contribution in [2.45, 2.75) is 11.9 Å². The van der Waals surface area contributed by atoms with Crippen LogP contribution in [0.2, 0.25) is 0 Å². The van der Waals surface area contributed by atoms with Crippen molar-refractivity contribution in [3.8, 4) is 0 Å². The predicted molar refractivity (Wildman–Crippen MR) is 73.5 cm³/mol. The largest absolute Gasteiger partial charge is 0.522 e. The Morgan fingerprint density at radius 3 is 1.68 bits per heavy atom. The van der Waals surface area contributed by atoms with E-state index in [0.717, 1.165) is 0 Å². The smallest absolute Gasteiger partial charge is 0.394 e. The Balaban J connectivity index is 2.61. The number of esters is 1. The van der Waals surface area contributed by atoms with E-state index in [9.17, 15) is 9.00 Å². The fraction of sp³-hybridized carbons (Fsp3) is 0.133. The van der Waals surface area contributed by atoms with Crippen molar-refractivity contribution in [3.63, 3.8) is 0 Å². The summed E-state index contributed by atoms with van der Waals surface area (Å²) in [5.74, 6) is -0.490. The average Bonchev–Trinajstić information content (AvgIpc) is 2.46. The Hall–Kier alpha value is -2.07. The summed E-state index contributed by atoms with van der Waals surface area (Å²) in [5.41, 5.74) is 1.30. The molecule has 2 aromatic carbocycles. The van der Waals surface area contributed by atoms with Gasteiger partial charge in [0, 0.05) is 11.1 Å². The highest BCUT2D eigenvalue weighted by atomic mass is 32.1. The number of ether oxygens (including phenoxy) is 1. The molecule has 0 aromatic heterocycles. The van der Waals surface area contributed by atoms with Gasteiger partial charge in [0.2, 0.25) is 0 Å². The van der Waals surface area contributed by atoms with Crippen LogP contribution in [0.4, 0.5) is 0 Å². The van der Waals surface area contributed by atoms with Gasteiger partial charge in [-0.2, -0.15) is 0 Å². The van der Waals surface area contributed by atoms with Crippen LogP contribution in [0.25, 0.3) is 0 Å². The van der Waals surface area contributed by atoms with E-state index in [-0.39, 0.29) is 11.7 Å². The Kier molecular flexibility index (Phi) is 4.02. The van der Waals surface area contributed by atoms with Crippen LogP contribution in [-0.4, -0.2) is 5.97 Å². The molecule has 0 aliphatic heterocycles. The second-order valence-electron chi connectivity index (χ2n) is 4.03. The van der Waals surface area contributed by atoms with Crippen LogP contribution >= 0.6 is 0 Å². The first kappa shape index (κ1) is 13.4. The van der Waals surface area contributed by atoms with E-state index in [1.807, 2.05) is 36.4 Å². The van der Waals surface area contributed by atoms with Gasteiger partial charge in [0.1, 0.15) is 0 Å². The molecule has 0 aliphatic rings. The van der Waals surface area contributed by atoms with Crippen LogP contribution in [0.1, 0.15) is 18.1 Å². The molecule has 0 amide bonds. The van der Waals surface area contributed by atoms with Crippen molar-refractivity contribution < 1.29 is 13.7 Å². The number of carbonyl (C=O) groups excluding carboxylic acids is 1. The predicted octanol–water partition coefficient (Wildman–Crippen LogP) is 2.88. The molecule has 0 saturated carbocycles. The SMILES string of the molecule is CC(=O)OC([S+]=O)(c1ccccc1)c1ccccc1. The minimum Gasteiger partial charge on any atom is -0.394 e. The fourth-order valence-corrected chi connectivity index (χ4v) is 2.53. The zero-order valence-electron chi connectivity index (χ0n) is 10.4. The fourth-order valence-electron chi connectivity index (χ4n) is 1.92. The third-order valence-corrected chi connectivity index (χ3v) is 3.50. The van der Waals surface area contributed by atoms with Gasteiger partial charge in [-0.1, -0.05) is 36.4 Å². The molecule has 2 aromatic rings. The highest BCUT2D eigenvalue weighted by Crippen LogP contribution is 2.33. The van der Waals surface area contributed by atoms with Crippen LogP contribution in [0, 0.1) is 0 Å². The second-order valence-corrected chi connectivity index (χ2v) is 4.77. The molecule has 0 saturated heterocycles. The summed E-state index contributed by atoms with van der Waals surface area (Å²) in [4.78, 5) is 10.1. The van der Waals surface area contributed by atoms with Crippen LogP contribution in [0.15, 0.2) is 60.7 Å². The van der Waals surface area contributed by atoms with Crippen molar-refractivity contribution >= 4 is 17.6 Å². The summed E-state index contributed by atoms with van der Waals surface area (Å²) in [6.45, 7) is 1.30. The van der Waals surface area contributed by atoms with Gasteiger partial charge in [0.25, 0.3) is 0 Å². The van der Waals surface area contributed by atoms with Crippen molar-refractivity contribution in [2.75, 3.05) is 0 Å². The summed E-state index contributed by atoms with van der Waals surface area (Å²) >= 11 is 0.259. The zero-order valence-corrected chi connectivity index (χ0v) is 11.2. The van der Waals surface area contributed by atoms with Crippen molar-refractivity contribution in [1.29, 1.82) is 0 Å². The lowest BCUT2D eigenvalue weighted by molar-refractivity contribution is -0.147. The van der Waals surface area contributed by atoms with E-state index in [1.54, 1.807) is 24.3 Å². The van der Waals surface area contributed by atoms with Crippen molar-refractivity contribution in [3.05, 3.63) is 71.8 Å². The highest BCUT2D eigenvalue weighted by Gasteiger charge is 2.52. The Morgan fingerprint density at radius 2 is 1.37 bits per heavy atom. The lowest BCUT2D eigenvalue weighted by Crippen LogP contribution is -2.32. The van der Waals surface area contributed by atoms with E-state index in [2.05, 4.69) is 0 Å². The number of hydrogen-bond acceptors (Lipinski definition) is 3. The summed E-state index contributed by atoms with van der Waals surface area (Å²) in [6, 6.07) is 18.1. The monoisotopic (exact) mass is 273 g/mol. The van der Waals surface area contributed by atoms with Gasteiger partial charge in [-0.05, 0) is 24.3 Å². The van der Waals surface area contributed by atoms with E-state index in [4.69, 9.17) is 4.74 Å². The minimum atomic E-state index is -1.34. The molecule has 2 rings (SSSR count). The first-order valence-corrected chi connectivity index (χ1v) is 6.55. The first-order chi connectivity index (χ1) is 9.19. The molecule has 3 nitrogen and oxygen atoms in total. The molecular formula is C15H13O3S+. The van der Waals surface area contributed by atoms with Gasteiger partial charge in [-0.3, -0.25) is 4.79 Å². The van der Waals surface area contributed by atoms with Gasteiger partial charge in [0.15, 0.2) is 0 Å². The molecule has 0 radical (unpaired) electrons. The molecule has 0 unspecified atom stereocenters. The lowest BCUT2D eigenvalue weighted by Gasteiger charge is -2.17. The molecule has 19 heavy (non-hydrogen) atoms. The van der Waals surface area contributed by atoms with E-state index in [0.29, 0.717) is 11.1 Å². The van der Waals surface area contributed by atoms with E-state index >= 15 is 0 Å². The zero-order chi connectivity index (χ0) is 13.7. The molecule has 0 aliphatic carbocycles. The molecule has 0 fully saturated rings. The summed E-state index contributed by atoms with van der Waals surface area (Å²) in [5, 5.41) is 0. The molecule has 0 atom stereocenters. The first-order valence-electron chi connectivity index (χ1n) is 5.80. The third-order valence-electron chi connectivity index (χ3n) is 2.71. The maximum Gasteiger partial charge on any atom is 0.522 e. The quantitative estimate of drug-likeness (QED) is 0.489. The van der Waals surface area contributed by atoms with Crippen LogP contribution < -0.4 is 0 Å². The highest BCUT2D eigenvalue weighted by molar-refractivity contribution is 7.66. The Labute approximate surface area is 115 Å². The van der Waals surface area contributed by atoms with Crippen molar-refractivity contribution in [1.82, 2.24) is 0 Å².